The number of rotatable bonds is 3. The molecule has 21 heavy (non-hydrogen) atoms. The highest BCUT2D eigenvalue weighted by atomic mass is 32.1. The first-order valence-electron chi connectivity index (χ1n) is 6.92. The van der Waals surface area contributed by atoms with Crippen LogP contribution in [-0.2, 0) is 9.59 Å². The summed E-state index contributed by atoms with van der Waals surface area (Å²) >= 11 is 1.36. The molecular weight excluding hydrogens is 290 g/mol. The van der Waals surface area contributed by atoms with Gasteiger partial charge < -0.3 is 11.1 Å². The summed E-state index contributed by atoms with van der Waals surface area (Å²) in [6.45, 7) is 8.02. The number of nitrogen functional groups attached to an aromatic ring is 1. The number of carbonyl (C=O) groups excluding carboxylic acids is 3. The third kappa shape index (κ3) is 4.04. The van der Waals surface area contributed by atoms with E-state index in [0.717, 1.165) is 4.88 Å². The molecule has 1 saturated heterocycles. The molecule has 0 radical (unpaired) electrons. The Balaban J connectivity index is 0.00000106. The summed E-state index contributed by atoms with van der Waals surface area (Å²) in [6.07, 6.45) is -0.0222. The Morgan fingerprint density at radius 3 is 2.48 bits per heavy atom. The van der Waals surface area contributed by atoms with Crippen LogP contribution in [0.3, 0.4) is 0 Å². The van der Waals surface area contributed by atoms with Crippen LogP contribution in [0.1, 0.15) is 55.3 Å². The highest BCUT2D eigenvalue weighted by molar-refractivity contribution is 7.16. The van der Waals surface area contributed by atoms with Crippen LogP contribution in [0.5, 0.6) is 0 Å². The second-order valence-electron chi connectivity index (χ2n) is 4.72. The van der Waals surface area contributed by atoms with E-state index >= 15 is 0 Å². The predicted octanol–water partition coefficient (Wildman–Crippen LogP) is 1.62. The van der Waals surface area contributed by atoms with E-state index in [1.54, 1.807) is 6.07 Å². The Hall–Kier alpha value is -1.89. The van der Waals surface area contributed by atoms with Gasteiger partial charge in [0.25, 0.3) is 5.91 Å². The Kier molecular flexibility index (Phi) is 5.90. The molecule has 1 fully saturated rings. The summed E-state index contributed by atoms with van der Waals surface area (Å²) in [5, 5.41) is 5.09. The van der Waals surface area contributed by atoms with Crippen molar-refractivity contribution in [3.8, 4) is 0 Å². The van der Waals surface area contributed by atoms with Crippen LogP contribution in [0, 0.1) is 0 Å². The molecular formula is C14H21N3O3S. The lowest BCUT2D eigenvalue weighted by molar-refractivity contribution is -0.125. The number of hydrogen-bond acceptors (Lipinski definition) is 5. The highest BCUT2D eigenvalue weighted by Crippen LogP contribution is 2.30. The largest absolute Gasteiger partial charge is 0.390 e. The molecule has 3 amide bonds. The van der Waals surface area contributed by atoms with Crippen molar-refractivity contribution in [1.82, 2.24) is 10.6 Å². The number of imide groups is 1. The van der Waals surface area contributed by atoms with Crippen molar-refractivity contribution in [2.24, 2.45) is 0 Å². The lowest BCUT2D eigenvalue weighted by Gasteiger charge is -2.08. The third-order valence-corrected chi connectivity index (χ3v) is 4.13. The fraction of sp³-hybridized carbons (Fsp3) is 0.500. The van der Waals surface area contributed by atoms with Crippen molar-refractivity contribution in [3.05, 3.63) is 16.5 Å². The number of hydrogen-bond donors (Lipinski definition) is 3. The topological polar surface area (TPSA) is 101 Å². The van der Waals surface area contributed by atoms with Crippen LogP contribution in [0.4, 0.5) is 5.00 Å². The van der Waals surface area contributed by atoms with Crippen molar-refractivity contribution >= 4 is 34.1 Å². The lowest BCUT2D eigenvalue weighted by Crippen LogP contribution is -2.40. The van der Waals surface area contributed by atoms with Crippen LogP contribution >= 0.6 is 11.3 Å². The molecule has 1 aliphatic rings. The zero-order valence-electron chi connectivity index (χ0n) is 12.6. The van der Waals surface area contributed by atoms with Gasteiger partial charge in [0.15, 0.2) is 0 Å². The van der Waals surface area contributed by atoms with E-state index in [4.69, 9.17) is 5.73 Å². The Bertz CT molecular complexity index is 552. The van der Waals surface area contributed by atoms with Gasteiger partial charge in [0.05, 0.1) is 17.0 Å². The molecule has 1 aliphatic heterocycles. The van der Waals surface area contributed by atoms with E-state index in [0.29, 0.717) is 10.6 Å². The van der Waals surface area contributed by atoms with Gasteiger partial charge in [0.2, 0.25) is 11.8 Å². The van der Waals surface area contributed by atoms with Crippen molar-refractivity contribution in [3.63, 3.8) is 0 Å². The minimum absolute atomic E-state index is 0.0222. The molecule has 0 aromatic carbocycles. The first kappa shape index (κ1) is 17.2. The van der Waals surface area contributed by atoms with Gasteiger partial charge in [-0.3, -0.25) is 19.7 Å². The van der Waals surface area contributed by atoms with Gasteiger partial charge >= 0.3 is 0 Å². The van der Waals surface area contributed by atoms with Crippen molar-refractivity contribution in [2.75, 3.05) is 5.73 Å². The molecule has 4 N–H and O–H groups in total. The second-order valence-corrected chi connectivity index (χ2v) is 5.84. The first-order chi connectivity index (χ1) is 9.88. The molecule has 1 unspecified atom stereocenters. The van der Waals surface area contributed by atoms with Crippen LogP contribution in [-0.4, -0.2) is 23.8 Å². The van der Waals surface area contributed by atoms with Gasteiger partial charge in [-0.25, -0.2) is 0 Å². The maximum Gasteiger partial charge on any atom is 0.254 e. The number of nitrogens with two attached hydrogens (primary N) is 1. The fourth-order valence-electron chi connectivity index (χ4n) is 1.79. The van der Waals surface area contributed by atoms with Crippen LogP contribution < -0.4 is 16.4 Å². The third-order valence-electron chi connectivity index (χ3n) is 2.87. The highest BCUT2D eigenvalue weighted by Gasteiger charge is 2.32. The monoisotopic (exact) mass is 311 g/mol. The Morgan fingerprint density at radius 2 is 2.05 bits per heavy atom. The molecule has 2 rings (SSSR count). The summed E-state index contributed by atoms with van der Waals surface area (Å²) in [6, 6.07) is 0.927. The van der Waals surface area contributed by atoms with Crippen LogP contribution in [0.2, 0.25) is 0 Å². The van der Waals surface area contributed by atoms with Gasteiger partial charge in [-0.05, 0) is 12.0 Å². The maximum absolute atomic E-state index is 12.0. The fourth-order valence-corrected chi connectivity index (χ4v) is 2.72. The maximum atomic E-state index is 12.0. The molecule has 116 valence electrons. The van der Waals surface area contributed by atoms with Gasteiger partial charge in [-0.15, -0.1) is 11.3 Å². The summed E-state index contributed by atoms with van der Waals surface area (Å²) in [5.74, 6) is -0.992. The summed E-state index contributed by atoms with van der Waals surface area (Å²) in [4.78, 5) is 35.5. The zero-order chi connectivity index (χ0) is 16.2. The van der Waals surface area contributed by atoms with Crippen molar-refractivity contribution in [2.45, 2.75) is 46.1 Å². The van der Waals surface area contributed by atoms with Gasteiger partial charge in [-0.2, -0.15) is 0 Å². The minimum atomic E-state index is -0.804. The molecule has 1 aromatic heterocycles. The van der Waals surface area contributed by atoms with E-state index in [-0.39, 0.29) is 18.2 Å². The van der Waals surface area contributed by atoms with E-state index < -0.39 is 17.9 Å². The number of thiophene rings is 1. The van der Waals surface area contributed by atoms with Crippen LogP contribution in [0.15, 0.2) is 6.07 Å². The van der Waals surface area contributed by atoms with Gasteiger partial charge in [0, 0.05) is 4.88 Å². The second kappa shape index (κ2) is 7.21. The van der Waals surface area contributed by atoms with Crippen molar-refractivity contribution < 1.29 is 14.4 Å². The quantitative estimate of drug-likeness (QED) is 0.738. The lowest BCUT2D eigenvalue weighted by atomic mass is 10.1. The standard InChI is InChI=1S/C12H15N3O3S.C2H6/c1-5(2)8-3-6(10(13)19-8)11(17)14-7-4-9(16)15-12(7)18;1-2/h3,5,7H,4,13H2,1-2H3,(H,14,17)(H,15,16,18);1-2H3. The molecule has 0 saturated carbocycles. The van der Waals surface area contributed by atoms with Crippen molar-refractivity contribution in [1.29, 1.82) is 0 Å². The van der Waals surface area contributed by atoms with Gasteiger partial charge in [-0.1, -0.05) is 27.7 Å². The predicted molar refractivity (Wildman–Crippen MR) is 83.2 cm³/mol. The average Bonchev–Trinajstić information content (AvgIpc) is 2.95. The number of nitrogens with one attached hydrogen (secondary N) is 2. The van der Waals surface area contributed by atoms with Gasteiger partial charge in [0.1, 0.15) is 6.04 Å². The summed E-state index contributed by atoms with van der Waals surface area (Å²) in [5.41, 5.74) is 6.17. The normalized spacial score (nSPS) is 17.3. The average molecular weight is 311 g/mol. The minimum Gasteiger partial charge on any atom is -0.390 e. The molecule has 0 bridgehead atoms. The van der Waals surface area contributed by atoms with Crippen LogP contribution in [0.25, 0.3) is 0 Å². The molecule has 1 aromatic rings. The zero-order valence-corrected chi connectivity index (χ0v) is 13.5. The number of amides is 3. The van der Waals surface area contributed by atoms with E-state index in [1.165, 1.54) is 11.3 Å². The van der Waals surface area contributed by atoms with E-state index in [9.17, 15) is 14.4 Å². The SMILES string of the molecule is CC.CC(C)c1cc(C(=O)NC2CC(=O)NC2=O)c(N)s1. The molecule has 6 nitrogen and oxygen atoms in total. The number of carbonyl (C=O) groups is 3. The molecule has 1 atom stereocenters. The first-order valence-corrected chi connectivity index (χ1v) is 7.74. The summed E-state index contributed by atoms with van der Waals surface area (Å²) < 4.78 is 0. The molecule has 2 heterocycles. The molecule has 7 heteroatoms. The smallest absolute Gasteiger partial charge is 0.254 e. The molecule has 0 spiro atoms. The Labute approximate surface area is 128 Å². The molecule has 0 aliphatic carbocycles. The van der Waals surface area contributed by atoms with E-state index in [2.05, 4.69) is 10.6 Å². The van der Waals surface area contributed by atoms with E-state index in [1.807, 2.05) is 27.7 Å². The number of anilines is 1. The summed E-state index contributed by atoms with van der Waals surface area (Å²) in [7, 11) is 0. The Morgan fingerprint density at radius 1 is 1.43 bits per heavy atom.